The van der Waals surface area contributed by atoms with Crippen molar-refractivity contribution in [3.05, 3.63) is 54.2 Å². The molecule has 0 saturated carbocycles. The number of benzene rings is 1. The SMILES string of the molecule is C=C(N)c1cccc(-c2ccc(C)nn2)c1. The van der Waals surface area contributed by atoms with Crippen molar-refractivity contribution in [2.24, 2.45) is 5.73 Å². The molecule has 0 amide bonds. The molecule has 3 nitrogen and oxygen atoms in total. The Hall–Kier alpha value is -2.16. The third-order valence-corrected chi connectivity index (χ3v) is 2.33. The van der Waals surface area contributed by atoms with Crippen molar-refractivity contribution in [2.45, 2.75) is 6.92 Å². The summed E-state index contributed by atoms with van der Waals surface area (Å²) in [6.07, 6.45) is 0. The van der Waals surface area contributed by atoms with Gasteiger partial charge in [0.2, 0.25) is 0 Å². The first-order valence-electron chi connectivity index (χ1n) is 5.02. The van der Waals surface area contributed by atoms with Gasteiger partial charge in [0.25, 0.3) is 0 Å². The van der Waals surface area contributed by atoms with Crippen LogP contribution in [0.3, 0.4) is 0 Å². The molecule has 0 aliphatic carbocycles. The summed E-state index contributed by atoms with van der Waals surface area (Å²) >= 11 is 0. The van der Waals surface area contributed by atoms with Crippen molar-refractivity contribution in [3.63, 3.8) is 0 Å². The molecule has 0 atom stereocenters. The highest BCUT2D eigenvalue weighted by molar-refractivity contribution is 5.68. The van der Waals surface area contributed by atoms with Gasteiger partial charge in [0.1, 0.15) is 0 Å². The third-order valence-electron chi connectivity index (χ3n) is 2.33. The highest BCUT2D eigenvalue weighted by Crippen LogP contribution is 2.19. The lowest BCUT2D eigenvalue weighted by atomic mass is 10.1. The number of hydrogen-bond donors (Lipinski definition) is 1. The van der Waals surface area contributed by atoms with Gasteiger partial charge in [0.15, 0.2) is 0 Å². The zero-order valence-corrected chi connectivity index (χ0v) is 9.14. The topological polar surface area (TPSA) is 51.8 Å². The minimum Gasteiger partial charge on any atom is -0.399 e. The van der Waals surface area contributed by atoms with Gasteiger partial charge >= 0.3 is 0 Å². The average molecular weight is 211 g/mol. The highest BCUT2D eigenvalue weighted by Gasteiger charge is 2.01. The van der Waals surface area contributed by atoms with Crippen LogP contribution in [0.1, 0.15) is 11.3 Å². The molecule has 1 heterocycles. The lowest BCUT2D eigenvalue weighted by Gasteiger charge is -2.04. The molecule has 2 aromatic rings. The molecule has 0 fully saturated rings. The summed E-state index contributed by atoms with van der Waals surface area (Å²) in [6.45, 7) is 5.63. The lowest BCUT2D eigenvalue weighted by Crippen LogP contribution is -1.95. The van der Waals surface area contributed by atoms with E-state index in [-0.39, 0.29) is 0 Å². The van der Waals surface area contributed by atoms with E-state index in [1.807, 2.05) is 43.3 Å². The van der Waals surface area contributed by atoms with Crippen LogP contribution in [0.2, 0.25) is 0 Å². The Kier molecular flexibility index (Phi) is 2.68. The van der Waals surface area contributed by atoms with Crippen LogP contribution < -0.4 is 5.73 Å². The summed E-state index contributed by atoms with van der Waals surface area (Å²) in [5, 5.41) is 8.15. The molecule has 0 spiro atoms. The summed E-state index contributed by atoms with van der Waals surface area (Å²) in [5.74, 6) is 0. The van der Waals surface area contributed by atoms with E-state index in [4.69, 9.17) is 5.73 Å². The van der Waals surface area contributed by atoms with Crippen molar-refractivity contribution >= 4 is 5.70 Å². The van der Waals surface area contributed by atoms with Crippen molar-refractivity contribution < 1.29 is 0 Å². The fourth-order valence-corrected chi connectivity index (χ4v) is 1.43. The Bertz CT molecular complexity index is 515. The Morgan fingerprint density at radius 1 is 1.19 bits per heavy atom. The van der Waals surface area contributed by atoms with Gasteiger partial charge in [-0.25, -0.2) is 0 Å². The molecule has 16 heavy (non-hydrogen) atoms. The van der Waals surface area contributed by atoms with Crippen LogP contribution in [0.4, 0.5) is 0 Å². The molecule has 80 valence electrons. The molecule has 0 radical (unpaired) electrons. The monoisotopic (exact) mass is 211 g/mol. The molecular formula is C13H13N3. The number of nitrogens with two attached hydrogens (primary N) is 1. The molecule has 0 saturated heterocycles. The standard InChI is InChI=1S/C13H13N3/c1-9-6-7-13(16-15-9)12-5-3-4-11(8-12)10(2)14/h3-8H,2,14H2,1H3. The van der Waals surface area contributed by atoms with Crippen LogP contribution in [-0.4, -0.2) is 10.2 Å². The van der Waals surface area contributed by atoms with Crippen molar-refractivity contribution in [1.29, 1.82) is 0 Å². The Labute approximate surface area is 94.6 Å². The van der Waals surface area contributed by atoms with Gasteiger partial charge in [-0.2, -0.15) is 10.2 Å². The first-order chi connectivity index (χ1) is 7.66. The maximum atomic E-state index is 5.65. The smallest absolute Gasteiger partial charge is 0.0930 e. The van der Waals surface area contributed by atoms with Gasteiger partial charge in [-0.15, -0.1) is 0 Å². The molecular weight excluding hydrogens is 198 g/mol. The molecule has 2 rings (SSSR count). The van der Waals surface area contributed by atoms with E-state index in [1.165, 1.54) is 0 Å². The second kappa shape index (κ2) is 4.14. The van der Waals surface area contributed by atoms with Crippen LogP contribution in [0.15, 0.2) is 43.0 Å². The first kappa shape index (κ1) is 10.4. The predicted octanol–water partition coefficient (Wildman–Crippen LogP) is 2.38. The van der Waals surface area contributed by atoms with E-state index in [1.54, 1.807) is 0 Å². The predicted molar refractivity (Wildman–Crippen MR) is 65.4 cm³/mol. The van der Waals surface area contributed by atoms with Crippen LogP contribution in [0.5, 0.6) is 0 Å². The zero-order chi connectivity index (χ0) is 11.5. The van der Waals surface area contributed by atoms with Gasteiger partial charge in [-0.3, -0.25) is 0 Å². The molecule has 2 N–H and O–H groups in total. The number of aryl methyl sites for hydroxylation is 1. The Balaban J connectivity index is 2.44. The minimum atomic E-state index is 0.557. The molecule has 1 aromatic carbocycles. The molecule has 0 aliphatic rings. The summed E-state index contributed by atoms with van der Waals surface area (Å²) < 4.78 is 0. The Morgan fingerprint density at radius 2 is 2.00 bits per heavy atom. The highest BCUT2D eigenvalue weighted by atomic mass is 15.1. The maximum Gasteiger partial charge on any atom is 0.0930 e. The van der Waals surface area contributed by atoms with E-state index in [0.29, 0.717) is 5.70 Å². The van der Waals surface area contributed by atoms with E-state index in [9.17, 15) is 0 Å². The van der Waals surface area contributed by atoms with Gasteiger partial charge in [-0.1, -0.05) is 24.8 Å². The van der Waals surface area contributed by atoms with Crippen molar-refractivity contribution in [3.8, 4) is 11.3 Å². The van der Waals surface area contributed by atoms with Crippen LogP contribution in [-0.2, 0) is 0 Å². The van der Waals surface area contributed by atoms with Crippen LogP contribution in [0.25, 0.3) is 17.0 Å². The quantitative estimate of drug-likeness (QED) is 0.829. The van der Waals surface area contributed by atoms with Crippen molar-refractivity contribution in [2.75, 3.05) is 0 Å². The summed E-state index contributed by atoms with van der Waals surface area (Å²) in [4.78, 5) is 0. The fraction of sp³-hybridized carbons (Fsp3) is 0.0769. The maximum absolute atomic E-state index is 5.65. The van der Waals surface area contributed by atoms with E-state index < -0.39 is 0 Å². The van der Waals surface area contributed by atoms with Gasteiger partial charge in [0.05, 0.1) is 11.4 Å². The molecule has 0 unspecified atom stereocenters. The molecule has 3 heteroatoms. The minimum absolute atomic E-state index is 0.557. The summed E-state index contributed by atoms with van der Waals surface area (Å²) in [6, 6.07) is 11.7. The molecule has 1 aromatic heterocycles. The number of hydrogen-bond acceptors (Lipinski definition) is 3. The third kappa shape index (κ3) is 2.08. The van der Waals surface area contributed by atoms with E-state index in [2.05, 4.69) is 16.8 Å². The van der Waals surface area contributed by atoms with Crippen LogP contribution in [0, 0.1) is 6.92 Å². The average Bonchev–Trinajstić information content (AvgIpc) is 2.30. The van der Waals surface area contributed by atoms with E-state index in [0.717, 1.165) is 22.5 Å². The summed E-state index contributed by atoms with van der Waals surface area (Å²) in [5.41, 5.74) is 9.87. The number of aromatic nitrogens is 2. The normalized spacial score (nSPS) is 10.1. The number of nitrogens with zero attached hydrogens (tertiary/aromatic N) is 2. The van der Waals surface area contributed by atoms with Gasteiger partial charge in [-0.05, 0) is 30.7 Å². The molecule has 0 aliphatic heterocycles. The lowest BCUT2D eigenvalue weighted by molar-refractivity contribution is 0.987. The zero-order valence-electron chi connectivity index (χ0n) is 9.14. The Morgan fingerprint density at radius 3 is 2.62 bits per heavy atom. The van der Waals surface area contributed by atoms with Gasteiger partial charge < -0.3 is 5.73 Å². The second-order valence-corrected chi connectivity index (χ2v) is 3.67. The fourth-order valence-electron chi connectivity index (χ4n) is 1.43. The number of rotatable bonds is 2. The van der Waals surface area contributed by atoms with E-state index >= 15 is 0 Å². The first-order valence-corrected chi connectivity index (χ1v) is 5.02. The van der Waals surface area contributed by atoms with Gasteiger partial charge in [0, 0.05) is 11.3 Å². The van der Waals surface area contributed by atoms with Crippen molar-refractivity contribution in [1.82, 2.24) is 10.2 Å². The summed E-state index contributed by atoms with van der Waals surface area (Å²) in [7, 11) is 0. The van der Waals surface area contributed by atoms with Crippen LogP contribution >= 0.6 is 0 Å². The molecule has 0 bridgehead atoms. The largest absolute Gasteiger partial charge is 0.399 e. The second-order valence-electron chi connectivity index (χ2n) is 3.67.